The topological polar surface area (TPSA) is 168 Å². The van der Waals surface area contributed by atoms with E-state index in [0.29, 0.717) is 58.1 Å². The van der Waals surface area contributed by atoms with Gasteiger partial charge in [0, 0.05) is 47.9 Å². The van der Waals surface area contributed by atoms with Gasteiger partial charge in [0.25, 0.3) is 11.8 Å². The Balaban J connectivity index is 1.07. The van der Waals surface area contributed by atoms with Gasteiger partial charge in [-0.15, -0.1) is 0 Å². The molecule has 0 saturated heterocycles. The highest BCUT2D eigenvalue weighted by molar-refractivity contribution is 6.10. The molecule has 53 heavy (non-hydrogen) atoms. The first-order chi connectivity index (χ1) is 25.9. The predicted molar refractivity (Wildman–Crippen MR) is 197 cm³/mol. The van der Waals surface area contributed by atoms with Crippen LogP contribution in [0.4, 0.5) is 11.4 Å². The predicted octanol–water partition coefficient (Wildman–Crippen LogP) is 7.89. The van der Waals surface area contributed by atoms with E-state index in [2.05, 4.69) is 33.1 Å². The minimum atomic E-state index is -0.461. The summed E-state index contributed by atoms with van der Waals surface area (Å²) in [7, 11) is 0. The largest absolute Gasteiger partial charge is 0.364 e. The van der Waals surface area contributed by atoms with Crippen molar-refractivity contribution in [2.24, 2.45) is 0 Å². The summed E-state index contributed by atoms with van der Waals surface area (Å²) in [6, 6.07) is 34.0. The van der Waals surface area contributed by atoms with Crippen LogP contribution in [-0.4, -0.2) is 31.3 Å². The van der Waals surface area contributed by atoms with Crippen molar-refractivity contribution in [2.75, 3.05) is 10.6 Å². The fourth-order valence-corrected chi connectivity index (χ4v) is 6.33. The fraction of sp³-hybridized carbons (Fsp3) is 0.0732. The van der Waals surface area contributed by atoms with Gasteiger partial charge in [-0.25, -0.2) is 0 Å². The molecule has 0 spiro atoms. The van der Waals surface area contributed by atoms with Crippen LogP contribution in [0.1, 0.15) is 48.9 Å². The number of aryl methyl sites for hydroxylation is 1. The number of hydrogen-bond donors (Lipinski definition) is 2. The van der Waals surface area contributed by atoms with Gasteiger partial charge in [-0.05, 0) is 60.5 Å². The van der Waals surface area contributed by atoms with Crippen LogP contribution >= 0.6 is 0 Å². The minimum absolute atomic E-state index is 0.0267. The van der Waals surface area contributed by atoms with E-state index >= 15 is 0 Å². The summed E-state index contributed by atoms with van der Waals surface area (Å²) in [5.74, 6) is -0.805. The third-order valence-electron chi connectivity index (χ3n) is 9.06. The summed E-state index contributed by atoms with van der Waals surface area (Å²) in [5.41, 5.74) is 8.00. The SMILES string of the molecule is Cc1nocc1C(=O)Nc1cn(Cc2ccc(C#N)cc2)c2ccc(-c3cc(C(=O)Nc4cn(Cc5ccc(C#N)cc5)c5ccccc45)on3)cc12. The Morgan fingerprint density at radius 3 is 1.94 bits per heavy atom. The maximum atomic E-state index is 13.5. The van der Waals surface area contributed by atoms with E-state index in [4.69, 9.17) is 14.3 Å². The second-order valence-corrected chi connectivity index (χ2v) is 12.5. The van der Waals surface area contributed by atoms with Crippen molar-refractivity contribution in [3.8, 4) is 23.4 Å². The molecule has 0 aliphatic heterocycles. The molecule has 4 aromatic carbocycles. The third kappa shape index (κ3) is 6.40. The fourth-order valence-electron chi connectivity index (χ4n) is 6.33. The Hall–Kier alpha value is -7.70. The van der Waals surface area contributed by atoms with Crippen LogP contribution in [0, 0.1) is 29.6 Å². The van der Waals surface area contributed by atoms with E-state index in [9.17, 15) is 14.9 Å². The standard InChI is InChI=1S/C41H28N8O4/c1-25-33(24-52-46-25)40(50)44-36-23-49(21-29-12-8-27(19-43)9-13-29)38-15-14-30(16-32(36)38)34-17-39(53-47-34)41(51)45-35-22-48(37-5-3-2-4-31(35)37)20-28-10-6-26(18-42)7-11-28/h2-17,22-24H,20-21H2,1H3,(H,44,50)(H,45,51). The Bertz CT molecular complexity index is 2750. The van der Waals surface area contributed by atoms with Gasteiger partial charge in [0.1, 0.15) is 17.5 Å². The molecule has 12 heteroatoms. The zero-order chi connectivity index (χ0) is 36.5. The molecule has 8 aromatic rings. The van der Waals surface area contributed by atoms with Gasteiger partial charge in [0.2, 0.25) is 5.76 Å². The van der Waals surface area contributed by atoms with Gasteiger partial charge >= 0.3 is 0 Å². The summed E-state index contributed by atoms with van der Waals surface area (Å²) >= 11 is 0. The van der Waals surface area contributed by atoms with E-state index in [1.807, 2.05) is 88.3 Å². The zero-order valence-corrected chi connectivity index (χ0v) is 28.2. The number of rotatable bonds is 9. The summed E-state index contributed by atoms with van der Waals surface area (Å²) < 4.78 is 14.6. The molecule has 2 N–H and O–H groups in total. The number of nitrogens with zero attached hydrogens (tertiary/aromatic N) is 6. The molecule has 0 aliphatic carbocycles. The molecule has 4 aromatic heterocycles. The molecule has 12 nitrogen and oxygen atoms in total. The first kappa shape index (κ1) is 32.5. The van der Waals surface area contributed by atoms with Gasteiger partial charge in [-0.1, -0.05) is 58.8 Å². The molecule has 0 aliphatic rings. The molecule has 0 fully saturated rings. The van der Waals surface area contributed by atoms with E-state index in [-0.39, 0.29) is 11.7 Å². The van der Waals surface area contributed by atoms with Crippen molar-refractivity contribution >= 4 is 45.0 Å². The van der Waals surface area contributed by atoms with Crippen LogP contribution in [0.5, 0.6) is 0 Å². The normalized spacial score (nSPS) is 11.0. The van der Waals surface area contributed by atoms with Crippen LogP contribution in [-0.2, 0) is 13.1 Å². The minimum Gasteiger partial charge on any atom is -0.364 e. The van der Waals surface area contributed by atoms with Crippen molar-refractivity contribution in [3.05, 3.63) is 155 Å². The number of nitrogens with one attached hydrogen (secondary N) is 2. The number of carbonyl (C=O) groups excluding carboxylic acids is 2. The number of fused-ring (bicyclic) bond motifs is 2. The number of carbonyl (C=O) groups is 2. The second kappa shape index (κ2) is 13.5. The molecule has 8 rings (SSSR count). The highest BCUT2D eigenvalue weighted by Crippen LogP contribution is 2.33. The summed E-state index contributed by atoms with van der Waals surface area (Å²) in [4.78, 5) is 26.7. The molecule has 2 amide bonds. The van der Waals surface area contributed by atoms with Crippen molar-refractivity contribution in [3.63, 3.8) is 0 Å². The molecule has 256 valence electrons. The van der Waals surface area contributed by atoms with Crippen molar-refractivity contribution in [1.82, 2.24) is 19.4 Å². The van der Waals surface area contributed by atoms with Gasteiger partial charge in [0.05, 0.1) is 51.4 Å². The summed E-state index contributed by atoms with van der Waals surface area (Å²) in [6.07, 6.45) is 5.04. The zero-order valence-electron chi connectivity index (χ0n) is 28.2. The highest BCUT2D eigenvalue weighted by Gasteiger charge is 2.20. The number of anilines is 2. The van der Waals surface area contributed by atoms with Crippen molar-refractivity contribution in [1.29, 1.82) is 10.5 Å². The Morgan fingerprint density at radius 2 is 1.32 bits per heavy atom. The summed E-state index contributed by atoms with van der Waals surface area (Å²) in [5, 5.41) is 34.0. The van der Waals surface area contributed by atoms with Crippen LogP contribution in [0.25, 0.3) is 33.1 Å². The Kier molecular flexibility index (Phi) is 8.31. The molecule has 0 bridgehead atoms. The lowest BCUT2D eigenvalue weighted by Gasteiger charge is -2.06. The lowest BCUT2D eigenvalue weighted by atomic mass is 10.1. The van der Waals surface area contributed by atoms with Gasteiger partial charge < -0.3 is 28.8 Å². The number of nitriles is 2. The van der Waals surface area contributed by atoms with Gasteiger partial charge in [-0.2, -0.15) is 10.5 Å². The van der Waals surface area contributed by atoms with Crippen molar-refractivity contribution < 1.29 is 18.6 Å². The molecule has 0 unspecified atom stereocenters. The lowest BCUT2D eigenvalue weighted by Crippen LogP contribution is -2.12. The Morgan fingerprint density at radius 1 is 0.717 bits per heavy atom. The maximum absolute atomic E-state index is 13.5. The third-order valence-corrected chi connectivity index (χ3v) is 9.06. The van der Waals surface area contributed by atoms with Gasteiger partial charge in [-0.3, -0.25) is 9.59 Å². The number of aromatic nitrogens is 4. The Labute approximate surface area is 302 Å². The maximum Gasteiger partial charge on any atom is 0.294 e. The highest BCUT2D eigenvalue weighted by atomic mass is 16.5. The van der Waals surface area contributed by atoms with Gasteiger partial charge in [0.15, 0.2) is 0 Å². The van der Waals surface area contributed by atoms with Crippen LogP contribution in [0.2, 0.25) is 0 Å². The number of para-hydroxylation sites is 1. The van der Waals surface area contributed by atoms with Crippen LogP contribution < -0.4 is 10.6 Å². The monoisotopic (exact) mass is 696 g/mol. The molecule has 0 atom stereocenters. The molecular formula is C41H28N8O4. The number of amides is 2. The van der Waals surface area contributed by atoms with E-state index in [1.165, 1.54) is 6.26 Å². The summed E-state index contributed by atoms with van der Waals surface area (Å²) in [6.45, 7) is 2.73. The first-order valence-corrected chi connectivity index (χ1v) is 16.6. The van der Waals surface area contributed by atoms with Crippen molar-refractivity contribution in [2.45, 2.75) is 20.0 Å². The van der Waals surface area contributed by atoms with Crippen LogP contribution in [0.3, 0.4) is 0 Å². The number of hydrogen-bond acceptors (Lipinski definition) is 8. The van der Waals surface area contributed by atoms with Crippen LogP contribution in [0.15, 0.2) is 125 Å². The first-order valence-electron chi connectivity index (χ1n) is 16.6. The smallest absolute Gasteiger partial charge is 0.294 e. The van der Waals surface area contributed by atoms with E-state index in [1.54, 1.807) is 37.3 Å². The average molecular weight is 697 g/mol. The van der Waals surface area contributed by atoms with E-state index < -0.39 is 5.91 Å². The average Bonchev–Trinajstić information content (AvgIpc) is 3.99. The second-order valence-electron chi connectivity index (χ2n) is 12.5. The van der Waals surface area contributed by atoms with E-state index in [0.717, 1.165) is 32.9 Å². The number of benzene rings is 4. The molecule has 0 radical (unpaired) electrons. The molecule has 0 saturated carbocycles. The molecule has 4 heterocycles. The molecular weight excluding hydrogens is 669 g/mol. The quantitative estimate of drug-likeness (QED) is 0.154. The lowest BCUT2D eigenvalue weighted by molar-refractivity contribution is 0.0986.